The molecule has 0 aliphatic carbocycles. The lowest BCUT2D eigenvalue weighted by molar-refractivity contribution is -0.137. The van der Waals surface area contributed by atoms with Gasteiger partial charge in [-0.1, -0.05) is 34.1 Å². The van der Waals surface area contributed by atoms with Crippen LogP contribution in [0.5, 0.6) is 0 Å². The average Bonchev–Trinajstić information content (AvgIpc) is 2.79. The number of carbonyl (C=O) groups is 1. The van der Waals surface area contributed by atoms with Crippen molar-refractivity contribution >= 4 is 27.5 Å². The fourth-order valence-corrected chi connectivity index (χ4v) is 3.29. The molecule has 0 fully saturated rings. The minimum absolute atomic E-state index is 0.195. The molecular formula is C16H11BrF3NO. The largest absolute Gasteiger partial charge is 0.416 e. The Morgan fingerprint density at radius 3 is 2.27 bits per heavy atom. The van der Waals surface area contributed by atoms with Crippen LogP contribution in [0.1, 0.15) is 27.5 Å². The lowest BCUT2D eigenvalue weighted by Crippen LogP contribution is -2.28. The molecule has 1 unspecified atom stereocenters. The van der Waals surface area contributed by atoms with E-state index in [9.17, 15) is 18.0 Å². The van der Waals surface area contributed by atoms with Gasteiger partial charge < -0.3 is 0 Å². The monoisotopic (exact) mass is 369 g/mol. The van der Waals surface area contributed by atoms with E-state index in [4.69, 9.17) is 0 Å². The van der Waals surface area contributed by atoms with Gasteiger partial charge in [0.05, 0.1) is 11.6 Å². The van der Waals surface area contributed by atoms with Gasteiger partial charge in [-0.15, -0.1) is 0 Å². The highest BCUT2D eigenvalue weighted by Gasteiger charge is 2.37. The summed E-state index contributed by atoms with van der Waals surface area (Å²) in [7, 11) is 0. The van der Waals surface area contributed by atoms with Gasteiger partial charge in [0.2, 0.25) is 0 Å². The molecule has 0 saturated heterocycles. The van der Waals surface area contributed by atoms with Crippen molar-refractivity contribution in [1.82, 2.24) is 0 Å². The van der Waals surface area contributed by atoms with Crippen LogP contribution in [0, 0.1) is 0 Å². The molecule has 1 aliphatic rings. The molecule has 3 rings (SSSR count). The van der Waals surface area contributed by atoms with Crippen LogP contribution in [0.2, 0.25) is 0 Å². The van der Waals surface area contributed by atoms with Gasteiger partial charge in [-0.2, -0.15) is 13.2 Å². The summed E-state index contributed by atoms with van der Waals surface area (Å²) >= 11 is 3.38. The highest BCUT2D eigenvalue weighted by Crippen LogP contribution is 2.39. The predicted molar refractivity (Wildman–Crippen MR) is 81.2 cm³/mol. The second-order valence-corrected chi connectivity index (χ2v) is 5.62. The first-order valence-electron chi connectivity index (χ1n) is 6.59. The van der Waals surface area contributed by atoms with Crippen LogP contribution in [-0.4, -0.2) is 11.2 Å². The number of amides is 1. The van der Waals surface area contributed by atoms with Crippen molar-refractivity contribution in [3.8, 4) is 0 Å². The van der Waals surface area contributed by atoms with Gasteiger partial charge in [-0.3, -0.25) is 9.69 Å². The standard InChI is InChI=1S/C16H11BrF3NO/c17-9-14-12-3-1-2-4-13(12)15(22)21(14)11-7-5-10(6-8-11)16(18,19)20/h1-8,14H,9H2. The van der Waals surface area contributed by atoms with Crippen molar-refractivity contribution in [1.29, 1.82) is 0 Å². The van der Waals surface area contributed by atoms with Crippen LogP contribution in [-0.2, 0) is 6.18 Å². The third kappa shape index (κ3) is 2.41. The van der Waals surface area contributed by atoms with Crippen LogP contribution in [0.25, 0.3) is 0 Å². The van der Waals surface area contributed by atoms with E-state index in [2.05, 4.69) is 15.9 Å². The van der Waals surface area contributed by atoms with E-state index in [1.807, 2.05) is 12.1 Å². The Morgan fingerprint density at radius 2 is 1.68 bits per heavy atom. The van der Waals surface area contributed by atoms with Crippen LogP contribution in [0.3, 0.4) is 0 Å². The predicted octanol–water partition coefficient (Wildman–Crippen LogP) is 4.80. The molecule has 6 heteroatoms. The summed E-state index contributed by atoms with van der Waals surface area (Å²) in [6.07, 6.45) is -4.38. The molecule has 1 amide bonds. The molecule has 0 radical (unpaired) electrons. The van der Waals surface area contributed by atoms with Gasteiger partial charge in [0, 0.05) is 16.6 Å². The quantitative estimate of drug-likeness (QED) is 0.696. The van der Waals surface area contributed by atoms with Crippen LogP contribution in [0.4, 0.5) is 18.9 Å². The molecule has 2 nitrogen and oxygen atoms in total. The first-order chi connectivity index (χ1) is 10.4. The number of alkyl halides is 4. The topological polar surface area (TPSA) is 20.3 Å². The Morgan fingerprint density at radius 1 is 1.05 bits per heavy atom. The summed E-state index contributed by atoms with van der Waals surface area (Å²) in [6, 6.07) is 11.7. The zero-order valence-electron chi connectivity index (χ0n) is 11.3. The molecule has 0 saturated carbocycles. The zero-order valence-corrected chi connectivity index (χ0v) is 12.9. The summed E-state index contributed by atoms with van der Waals surface area (Å²) in [5, 5.41) is 0.511. The van der Waals surface area contributed by atoms with Crippen LogP contribution >= 0.6 is 15.9 Å². The first-order valence-corrected chi connectivity index (χ1v) is 7.71. The molecule has 0 spiro atoms. The summed E-state index contributed by atoms with van der Waals surface area (Å²) in [5.41, 5.74) is 1.20. The Balaban J connectivity index is 2.00. The molecule has 22 heavy (non-hydrogen) atoms. The molecule has 0 aromatic heterocycles. The van der Waals surface area contributed by atoms with Crippen molar-refractivity contribution in [2.45, 2.75) is 12.2 Å². The SMILES string of the molecule is O=C1c2ccccc2C(CBr)N1c1ccc(C(F)(F)F)cc1. The number of halogens is 4. The fraction of sp³-hybridized carbons (Fsp3) is 0.188. The molecule has 0 N–H and O–H groups in total. The Kier molecular flexibility index (Phi) is 3.72. The van der Waals surface area contributed by atoms with E-state index in [1.165, 1.54) is 17.0 Å². The summed E-state index contributed by atoms with van der Waals surface area (Å²) in [6.45, 7) is 0. The number of anilines is 1. The van der Waals surface area contributed by atoms with Crippen molar-refractivity contribution in [3.63, 3.8) is 0 Å². The maximum absolute atomic E-state index is 12.6. The summed E-state index contributed by atoms with van der Waals surface area (Å²) in [5.74, 6) is -0.195. The van der Waals surface area contributed by atoms with E-state index in [0.717, 1.165) is 17.7 Å². The van der Waals surface area contributed by atoms with Crippen molar-refractivity contribution in [2.24, 2.45) is 0 Å². The molecule has 1 aliphatic heterocycles. The smallest absolute Gasteiger partial charge is 0.300 e. The Labute approximate surface area is 133 Å². The summed E-state index contributed by atoms with van der Waals surface area (Å²) < 4.78 is 37.9. The molecule has 1 atom stereocenters. The number of rotatable bonds is 2. The van der Waals surface area contributed by atoms with Crippen molar-refractivity contribution in [2.75, 3.05) is 10.2 Å². The highest BCUT2D eigenvalue weighted by molar-refractivity contribution is 9.09. The third-order valence-corrected chi connectivity index (χ3v) is 4.31. The number of benzene rings is 2. The minimum atomic E-state index is -4.38. The molecular weight excluding hydrogens is 359 g/mol. The number of fused-ring (bicyclic) bond motifs is 1. The number of hydrogen-bond donors (Lipinski definition) is 0. The van der Waals surface area contributed by atoms with E-state index in [0.29, 0.717) is 16.6 Å². The van der Waals surface area contributed by atoms with Gasteiger partial charge in [0.25, 0.3) is 5.91 Å². The number of nitrogens with zero attached hydrogens (tertiary/aromatic N) is 1. The molecule has 0 bridgehead atoms. The Bertz CT molecular complexity index is 712. The van der Waals surface area contributed by atoms with Gasteiger partial charge >= 0.3 is 6.18 Å². The van der Waals surface area contributed by atoms with E-state index >= 15 is 0 Å². The normalized spacial score (nSPS) is 17.7. The van der Waals surface area contributed by atoms with Crippen LogP contribution < -0.4 is 4.90 Å². The second-order valence-electron chi connectivity index (χ2n) is 4.98. The minimum Gasteiger partial charge on any atom is -0.300 e. The maximum Gasteiger partial charge on any atom is 0.416 e. The fourth-order valence-electron chi connectivity index (χ4n) is 2.65. The maximum atomic E-state index is 12.6. The first kappa shape index (κ1) is 15.1. The van der Waals surface area contributed by atoms with Gasteiger partial charge in [-0.05, 0) is 35.9 Å². The lowest BCUT2D eigenvalue weighted by Gasteiger charge is -2.24. The van der Waals surface area contributed by atoms with Gasteiger partial charge in [-0.25, -0.2) is 0 Å². The van der Waals surface area contributed by atoms with Crippen molar-refractivity contribution < 1.29 is 18.0 Å². The van der Waals surface area contributed by atoms with E-state index < -0.39 is 11.7 Å². The number of carbonyl (C=O) groups excluding carboxylic acids is 1. The summed E-state index contributed by atoms with van der Waals surface area (Å²) in [4.78, 5) is 14.1. The molecule has 1 heterocycles. The highest BCUT2D eigenvalue weighted by atomic mass is 79.9. The lowest BCUT2D eigenvalue weighted by atomic mass is 10.1. The Hall–Kier alpha value is -1.82. The van der Waals surface area contributed by atoms with Crippen LogP contribution in [0.15, 0.2) is 48.5 Å². The van der Waals surface area contributed by atoms with Gasteiger partial charge in [0.15, 0.2) is 0 Å². The zero-order chi connectivity index (χ0) is 15.9. The van der Waals surface area contributed by atoms with E-state index in [1.54, 1.807) is 12.1 Å². The molecule has 114 valence electrons. The second kappa shape index (κ2) is 5.43. The third-order valence-electron chi connectivity index (χ3n) is 3.70. The van der Waals surface area contributed by atoms with Gasteiger partial charge in [0.1, 0.15) is 0 Å². The average molecular weight is 370 g/mol. The molecule has 2 aromatic carbocycles. The number of hydrogen-bond acceptors (Lipinski definition) is 1. The van der Waals surface area contributed by atoms with Crippen molar-refractivity contribution in [3.05, 3.63) is 65.2 Å². The van der Waals surface area contributed by atoms with E-state index in [-0.39, 0.29) is 11.9 Å². The molecule has 2 aromatic rings.